The van der Waals surface area contributed by atoms with Crippen molar-refractivity contribution in [3.05, 3.63) is 57.2 Å². The SMILES string of the molecule is C=C(NC(=O)c1ccc(Cl)s1)C1CN(C2=CC=C(N3CCOCC3=O)CC2)C(=O)O1. The molecule has 1 atom stereocenters. The molecule has 1 unspecified atom stereocenters. The van der Waals surface area contributed by atoms with Crippen LogP contribution in [0.1, 0.15) is 22.5 Å². The molecule has 1 aromatic heterocycles. The Labute approximate surface area is 182 Å². The number of nitrogens with one attached hydrogen (secondary N) is 1. The van der Waals surface area contributed by atoms with E-state index < -0.39 is 12.2 Å². The molecular formula is C20H20ClN3O5S. The summed E-state index contributed by atoms with van der Waals surface area (Å²) in [6.07, 6.45) is 3.80. The molecule has 1 aromatic rings. The van der Waals surface area contributed by atoms with E-state index in [2.05, 4.69) is 11.9 Å². The minimum Gasteiger partial charge on any atom is -0.437 e. The van der Waals surface area contributed by atoms with Crippen molar-refractivity contribution in [1.82, 2.24) is 15.1 Å². The summed E-state index contributed by atoms with van der Waals surface area (Å²) in [5.74, 6) is -0.393. The Morgan fingerprint density at radius 3 is 2.57 bits per heavy atom. The summed E-state index contributed by atoms with van der Waals surface area (Å²) in [7, 11) is 0. The summed E-state index contributed by atoms with van der Waals surface area (Å²) in [6, 6.07) is 3.27. The first-order valence-corrected chi connectivity index (χ1v) is 10.6. The van der Waals surface area contributed by atoms with Crippen LogP contribution >= 0.6 is 22.9 Å². The number of nitrogens with zero attached hydrogens (tertiary/aromatic N) is 2. The maximum Gasteiger partial charge on any atom is 0.414 e. The van der Waals surface area contributed by atoms with E-state index in [-0.39, 0.29) is 25.0 Å². The third kappa shape index (κ3) is 4.28. The topological polar surface area (TPSA) is 88.2 Å². The first-order valence-electron chi connectivity index (χ1n) is 9.44. The van der Waals surface area contributed by atoms with Crippen LogP contribution in [0.25, 0.3) is 0 Å². The van der Waals surface area contributed by atoms with Crippen LogP contribution in [0.4, 0.5) is 4.79 Å². The van der Waals surface area contributed by atoms with Gasteiger partial charge in [-0.2, -0.15) is 0 Å². The van der Waals surface area contributed by atoms with Crippen LogP contribution < -0.4 is 5.32 Å². The number of rotatable bonds is 5. The summed E-state index contributed by atoms with van der Waals surface area (Å²) in [5, 5.41) is 2.68. The highest BCUT2D eigenvalue weighted by atomic mass is 35.5. The van der Waals surface area contributed by atoms with E-state index in [1.807, 2.05) is 12.2 Å². The van der Waals surface area contributed by atoms with Gasteiger partial charge >= 0.3 is 6.09 Å². The highest BCUT2D eigenvalue weighted by Crippen LogP contribution is 2.29. The molecule has 1 aliphatic carbocycles. The number of allylic oxidation sites excluding steroid dienone is 4. The second kappa shape index (κ2) is 8.63. The number of hydrogen-bond acceptors (Lipinski definition) is 6. The van der Waals surface area contributed by atoms with Crippen molar-refractivity contribution >= 4 is 40.8 Å². The van der Waals surface area contributed by atoms with Gasteiger partial charge in [-0.15, -0.1) is 11.3 Å². The van der Waals surface area contributed by atoms with Crippen molar-refractivity contribution in [2.45, 2.75) is 18.9 Å². The first kappa shape index (κ1) is 20.6. The molecule has 2 aliphatic heterocycles. The number of hydrogen-bond donors (Lipinski definition) is 1. The van der Waals surface area contributed by atoms with Crippen LogP contribution in [0.15, 0.2) is 48.0 Å². The molecule has 2 fully saturated rings. The van der Waals surface area contributed by atoms with Gasteiger partial charge in [0.05, 0.1) is 28.1 Å². The quantitative estimate of drug-likeness (QED) is 0.746. The van der Waals surface area contributed by atoms with E-state index in [1.165, 1.54) is 0 Å². The fourth-order valence-corrected chi connectivity index (χ4v) is 4.43. The molecule has 3 heterocycles. The number of amides is 3. The van der Waals surface area contributed by atoms with Gasteiger partial charge in [-0.1, -0.05) is 18.2 Å². The van der Waals surface area contributed by atoms with Crippen LogP contribution in [-0.2, 0) is 14.3 Å². The average Bonchev–Trinajstić information content (AvgIpc) is 3.34. The fraction of sp³-hybridized carbons (Fsp3) is 0.350. The Morgan fingerprint density at radius 1 is 1.20 bits per heavy atom. The average molecular weight is 450 g/mol. The van der Waals surface area contributed by atoms with Crippen LogP contribution in [0.3, 0.4) is 0 Å². The van der Waals surface area contributed by atoms with Crippen molar-refractivity contribution < 1.29 is 23.9 Å². The van der Waals surface area contributed by atoms with Gasteiger partial charge in [0.1, 0.15) is 6.61 Å². The third-order valence-electron chi connectivity index (χ3n) is 5.06. The zero-order valence-electron chi connectivity index (χ0n) is 16.1. The number of carbonyl (C=O) groups is 3. The fourth-order valence-electron chi connectivity index (χ4n) is 3.49. The summed E-state index contributed by atoms with van der Waals surface area (Å²) in [6.45, 7) is 5.27. The van der Waals surface area contributed by atoms with E-state index in [1.54, 1.807) is 21.9 Å². The molecule has 8 nitrogen and oxygen atoms in total. The summed E-state index contributed by atoms with van der Waals surface area (Å²) < 4.78 is 11.1. The van der Waals surface area contributed by atoms with Crippen molar-refractivity contribution in [2.24, 2.45) is 0 Å². The van der Waals surface area contributed by atoms with Crippen molar-refractivity contribution in [1.29, 1.82) is 0 Å². The molecule has 158 valence electrons. The lowest BCUT2D eigenvalue weighted by Crippen LogP contribution is -2.41. The number of cyclic esters (lactones) is 1. The molecule has 3 aliphatic rings. The molecule has 3 amide bonds. The monoisotopic (exact) mass is 449 g/mol. The van der Waals surface area contributed by atoms with Gasteiger partial charge in [-0.25, -0.2) is 4.79 Å². The third-order valence-corrected chi connectivity index (χ3v) is 6.29. The van der Waals surface area contributed by atoms with E-state index in [4.69, 9.17) is 21.1 Å². The van der Waals surface area contributed by atoms with E-state index in [0.29, 0.717) is 40.9 Å². The number of halogens is 1. The summed E-state index contributed by atoms with van der Waals surface area (Å²) in [4.78, 5) is 40.4. The van der Waals surface area contributed by atoms with Gasteiger partial charge in [0.2, 0.25) is 0 Å². The van der Waals surface area contributed by atoms with Gasteiger partial charge in [0, 0.05) is 17.9 Å². The Morgan fingerprint density at radius 2 is 1.93 bits per heavy atom. The molecule has 30 heavy (non-hydrogen) atoms. The number of thiophene rings is 1. The Balaban J connectivity index is 1.38. The molecule has 0 aromatic carbocycles. The van der Waals surface area contributed by atoms with Gasteiger partial charge in [-0.3, -0.25) is 14.5 Å². The lowest BCUT2D eigenvalue weighted by molar-refractivity contribution is -0.140. The van der Waals surface area contributed by atoms with Crippen LogP contribution in [0, 0.1) is 0 Å². The zero-order chi connectivity index (χ0) is 21.3. The molecule has 2 saturated heterocycles. The number of ether oxygens (including phenoxy) is 2. The zero-order valence-corrected chi connectivity index (χ0v) is 17.6. The maximum absolute atomic E-state index is 12.4. The minimum atomic E-state index is -0.649. The van der Waals surface area contributed by atoms with E-state index >= 15 is 0 Å². The van der Waals surface area contributed by atoms with Crippen molar-refractivity contribution in [2.75, 3.05) is 26.3 Å². The highest BCUT2D eigenvalue weighted by Gasteiger charge is 2.36. The molecule has 0 spiro atoms. The van der Waals surface area contributed by atoms with Gasteiger partial charge in [0.25, 0.3) is 11.8 Å². The van der Waals surface area contributed by atoms with Gasteiger partial charge < -0.3 is 19.7 Å². The van der Waals surface area contributed by atoms with E-state index in [0.717, 1.165) is 22.7 Å². The largest absolute Gasteiger partial charge is 0.437 e. The molecule has 1 N–H and O–H groups in total. The number of carbonyl (C=O) groups excluding carboxylic acids is 3. The normalized spacial score (nSPS) is 21.8. The Hall–Kier alpha value is -2.62. The molecule has 0 saturated carbocycles. The predicted molar refractivity (Wildman–Crippen MR) is 111 cm³/mol. The highest BCUT2D eigenvalue weighted by molar-refractivity contribution is 7.18. The van der Waals surface area contributed by atoms with Crippen LogP contribution in [0.2, 0.25) is 4.34 Å². The molecular weight excluding hydrogens is 430 g/mol. The first-order chi connectivity index (χ1) is 14.4. The minimum absolute atomic E-state index is 0.0518. The van der Waals surface area contributed by atoms with E-state index in [9.17, 15) is 14.4 Å². The molecule has 4 rings (SSSR count). The summed E-state index contributed by atoms with van der Waals surface area (Å²) in [5.41, 5.74) is 2.03. The molecule has 10 heteroatoms. The lowest BCUT2D eigenvalue weighted by atomic mass is 10.1. The predicted octanol–water partition coefficient (Wildman–Crippen LogP) is 2.89. The Kier molecular flexibility index (Phi) is 5.94. The van der Waals surface area contributed by atoms with Gasteiger partial charge in [-0.05, 0) is 37.1 Å². The lowest BCUT2D eigenvalue weighted by Gasteiger charge is -2.31. The van der Waals surface area contributed by atoms with Crippen molar-refractivity contribution in [3.8, 4) is 0 Å². The second-order valence-electron chi connectivity index (χ2n) is 6.98. The maximum atomic E-state index is 12.4. The van der Waals surface area contributed by atoms with Crippen molar-refractivity contribution in [3.63, 3.8) is 0 Å². The van der Waals surface area contributed by atoms with Crippen LogP contribution in [0.5, 0.6) is 0 Å². The van der Waals surface area contributed by atoms with Crippen LogP contribution in [-0.4, -0.2) is 60.1 Å². The molecule has 0 radical (unpaired) electrons. The Bertz CT molecular complexity index is 969. The molecule has 0 bridgehead atoms. The number of morpholine rings is 1. The van der Waals surface area contributed by atoms with Gasteiger partial charge in [0.15, 0.2) is 6.10 Å². The smallest absolute Gasteiger partial charge is 0.414 e. The second-order valence-corrected chi connectivity index (χ2v) is 8.70. The summed E-state index contributed by atoms with van der Waals surface area (Å²) >= 11 is 7.02. The standard InChI is InChI=1S/C20H20ClN3O5S/c1-12(22-19(26)16-6-7-17(21)30-16)15-10-24(20(27)29-15)14-4-2-13(3-5-14)23-8-9-28-11-18(23)25/h2,4,6-7,15H,1,3,5,8-11H2,(H,22,26).